The summed E-state index contributed by atoms with van der Waals surface area (Å²) in [4.78, 5) is 30.0. The minimum Gasteiger partial charge on any atom is -0.464 e. The number of rotatable bonds is 8. The lowest BCUT2D eigenvalue weighted by molar-refractivity contribution is -0.133. The van der Waals surface area contributed by atoms with Gasteiger partial charge in [-0.15, -0.1) is 0 Å². The van der Waals surface area contributed by atoms with E-state index < -0.39 is 0 Å². The van der Waals surface area contributed by atoms with Gasteiger partial charge in [-0.2, -0.15) is 0 Å². The molecule has 0 spiro atoms. The number of nitrogens with zero attached hydrogens (tertiary/aromatic N) is 2. The smallest absolute Gasteiger partial charge is 0.254 e. The van der Waals surface area contributed by atoms with Crippen molar-refractivity contribution in [2.75, 3.05) is 6.54 Å². The molecule has 2 aromatic carbocycles. The van der Waals surface area contributed by atoms with Gasteiger partial charge in [0.15, 0.2) is 0 Å². The Labute approximate surface area is 190 Å². The lowest BCUT2D eigenvalue weighted by atomic mass is 10.2. The van der Waals surface area contributed by atoms with Crippen molar-refractivity contribution in [2.24, 2.45) is 0 Å². The van der Waals surface area contributed by atoms with Crippen molar-refractivity contribution in [1.82, 2.24) is 9.80 Å². The summed E-state index contributed by atoms with van der Waals surface area (Å²) in [7, 11) is 0. The highest BCUT2D eigenvalue weighted by molar-refractivity contribution is 9.10. The molecule has 31 heavy (non-hydrogen) atoms. The summed E-state index contributed by atoms with van der Waals surface area (Å²) < 4.78 is 6.63. The van der Waals surface area contributed by atoms with Crippen molar-refractivity contribution < 1.29 is 14.0 Å². The van der Waals surface area contributed by atoms with E-state index in [1.54, 1.807) is 21.9 Å². The molecular formula is C25H25BrN2O3. The molecule has 0 atom stereocenters. The number of aryl methyl sites for hydroxylation is 1. The summed E-state index contributed by atoms with van der Waals surface area (Å²) in [6, 6.07) is 21.1. The lowest BCUT2D eigenvalue weighted by Crippen LogP contribution is -2.43. The quantitative estimate of drug-likeness (QED) is 0.446. The molecule has 1 aromatic heterocycles. The maximum absolute atomic E-state index is 13.4. The van der Waals surface area contributed by atoms with E-state index in [0.29, 0.717) is 18.7 Å². The van der Waals surface area contributed by atoms with E-state index in [1.165, 1.54) is 0 Å². The van der Waals surface area contributed by atoms with Crippen LogP contribution in [-0.2, 0) is 17.9 Å². The maximum atomic E-state index is 13.4. The van der Waals surface area contributed by atoms with Crippen LogP contribution in [0.25, 0.3) is 0 Å². The van der Waals surface area contributed by atoms with Crippen molar-refractivity contribution in [1.29, 1.82) is 0 Å². The SMILES string of the molecule is Cc1ccc(CN(Cc2ccccc2)C(=O)CN(C(=O)c2ccc(Br)cc2)C2CC2)o1. The summed E-state index contributed by atoms with van der Waals surface area (Å²) in [6.07, 6.45) is 1.87. The monoisotopic (exact) mass is 480 g/mol. The lowest BCUT2D eigenvalue weighted by Gasteiger charge is -2.27. The zero-order valence-electron chi connectivity index (χ0n) is 17.5. The zero-order chi connectivity index (χ0) is 21.8. The minimum atomic E-state index is -0.100. The molecule has 0 bridgehead atoms. The molecule has 3 aromatic rings. The van der Waals surface area contributed by atoms with Crippen molar-refractivity contribution in [3.63, 3.8) is 0 Å². The zero-order valence-corrected chi connectivity index (χ0v) is 19.0. The topological polar surface area (TPSA) is 53.8 Å². The number of carbonyl (C=O) groups is 2. The Hall–Kier alpha value is -2.86. The van der Waals surface area contributed by atoms with E-state index in [0.717, 1.165) is 34.4 Å². The van der Waals surface area contributed by atoms with Crippen LogP contribution in [0.3, 0.4) is 0 Å². The highest BCUT2D eigenvalue weighted by Crippen LogP contribution is 2.29. The molecule has 1 aliphatic carbocycles. The van der Waals surface area contributed by atoms with Crippen molar-refractivity contribution in [2.45, 2.75) is 38.9 Å². The number of benzene rings is 2. The summed E-state index contributed by atoms with van der Waals surface area (Å²) in [5, 5.41) is 0. The minimum absolute atomic E-state index is 0.0616. The second-order valence-corrected chi connectivity index (χ2v) is 8.83. The molecule has 4 rings (SSSR count). The first-order valence-corrected chi connectivity index (χ1v) is 11.2. The first-order valence-electron chi connectivity index (χ1n) is 10.4. The molecule has 0 saturated heterocycles. The van der Waals surface area contributed by atoms with Crippen LogP contribution >= 0.6 is 15.9 Å². The standard InChI is InChI=1S/C25H25BrN2O3/c1-18-7-14-23(31-18)16-27(15-19-5-3-2-4-6-19)24(29)17-28(22-12-13-22)25(30)20-8-10-21(26)11-9-20/h2-11,14,22H,12-13,15-17H2,1H3. The summed E-state index contributed by atoms with van der Waals surface area (Å²) in [6.45, 7) is 2.78. The van der Waals surface area contributed by atoms with Crippen molar-refractivity contribution in [3.05, 3.63) is 93.9 Å². The Morgan fingerprint density at radius 3 is 2.29 bits per heavy atom. The molecule has 1 fully saturated rings. The molecule has 0 N–H and O–H groups in total. The molecule has 160 valence electrons. The predicted octanol–water partition coefficient (Wildman–Crippen LogP) is 5.18. The number of hydrogen-bond donors (Lipinski definition) is 0. The highest BCUT2D eigenvalue weighted by Gasteiger charge is 2.35. The van der Waals surface area contributed by atoms with Crippen LogP contribution in [0.2, 0.25) is 0 Å². The van der Waals surface area contributed by atoms with E-state index in [2.05, 4.69) is 15.9 Å². The number of furan rings is 1. The molecule has 6 heteroatoms. The van der Waals surface area contributed by atoms with Gasteiger partial charge in [0.1, 0.15) is 18.1 Å². The van der Waals surface area contributed by atoms with E-state index in [4.69, 9.17) is 4.42 Å². The van der Waals surface area contributed by atoms with Gasteiger partial charge in [0.25, 0.3) is 5.91 Å². The normalized spacial score (nSPS) is 13.1. The Kier molecular flexibility index (Phi) is 6.56. The Bertz CT molecular complexity index is 1040. The Morgan fingerprint density at radius 1 is 0.968 bits per heavy atom. The average molecular weight is 481 g/mol. The molecular weight excluding hydrogens is 456 g/mol. The largest absolute Gasteiger partial charge is 0.464 e. The van der Waals surface area contributed by atoms with Gasteiger partial charge in [0, 0.05) is 22.6 Å². The van der Waals surface area contributed by atoms with Gasteiger partial charge in [-0.05, 0) is 61.7 Å². The highest BCUT2D eigenvalue weighted by atomic mass is 79.9. The summed E-state index contributed by atoms with van der Waals surface area (Å²) in [5.74, 6) is 1.36. The molecule has 0 radical (unpaired) electrons. The molecule has 2 amide bonds. The van der Waals surface area contributed by atoms with Gasteiger partial charge in [0.2, 0.25) is 5.91 Å². The molecule has 1 heterocycles. The van der Waals surface area contributed by atoms with Gasteiger partial charge in [-0.25, -0.2) is 0 Å². The molecule has 0 unspecified atom stereocenters. The first-order chi connectivity index (χ1) is 15.0. The van der Waals surface area contributed by atoms with Crippen molar-refractivity contribution >= 4 is 27.7 Å². The second-order valence-electron chi connectivity index (χ2n) is 7.92. The van der Waals surface area contributed by atoms with E-state index in [9.17, 15) is 9.59 Å². The number of halogens is 1. The third-order valence-corrected chi connectivity index (χ3v) is 5.89. The predicted molar refractivity (Wildman–Crippen MR) is 122 cm³/mol. The van der Waals surface area contributed by atoms with Gasteiger partial charge in [0.05, 0.1) is 6.54 Å². The van der Waals surface area contributed by atoms with Crippen LogP contribution in [0.4, 0.5) is 0 Å². The van der Waals surface area contributed by atoms with E-state index in [1.807, 2.05) is 61.5 Å². The van der Waals surface area contributed by atoms with Crippen LogP contribution in [0, 0.1) is 6.92 Å². The fourth-order valence-corrected chi connectivity index (χ4v) is 3.82. The fourth-order valence-electron chi connectivity index (χ4n) is 3.55. The van der Waals surface area contributed by atoms with Gasteiger partial charge in [-0.1, -0.05) is 46.3 Å². The molecule has 5 nitrogen and oxygen atoms in total. The van der Waals surface area contributed by atoms with Crippen LogP contribution in [-0.4, -0.2) is 34.2 Å². The Balaban J connectivity index is 1.52. The number of hydrogen-bond acceptors (Lipinski definition) is 3. The Morgan fingerprint density at radius 2 is 1.68 bits per heavy atom. The van der Waals surface area contributed by atoms with Crippen LogP contribution in [0.5, 0.6) is 0 Å². The molecule has 1 saturated carbocycles. The third-order valence-electron chi connectivity index (χ3n) is 5.36. The first kappa shape index (κ1) is 21.4. The van der Waals surface area contributed by atoms with Gasteiger partial charge >= 0.3 is 0 Å². The third kappa shape index (κ3) is 5.64. The summed E-state index contributed by atoms with van der Waals surface area (Å²) in [5.41, 5.74) is 1.63. The molecule has 1 aliphatic rings. The van der Waals surface area contributed by atoms with E-state index in [-0.39, 0.29) is 24.4 Å². The maximum Gasteiger partial charge on any atom is 0.254 e. The van der Waals surface area contributed by atoms with Crippen LogP contribution in [0.1, 0.15) is 40.3 Å². The average Bonchev–Trinajstić information content (AvgIpc) is 3.53. The molecule has 0 aliphatic heterocycles. The fraction of sp³-hybridized carbons (Fsp3) is 0.280. The van der Waals surface area contributed by atoms with E-state index >= 15 is 0 Å². The second kappa shape index (κ2) is 9.52. The van der Waals surface area contributed by atoms with Crippen molar-refractivity contribution in [3.8, 4) is 0 Å². The number of amides is 2. The van der Waals surface area contributed by atoms with Gasteiger partial charge in [-0.3, -0.25) is 9.59 Å². The van der Waals surface area contributed by atoms with Crippen LogP contribution < -0.4 is 0 Å². The van der Waals surface area contributed by atoms with Crippen LogP contribution in [0.15, 0.2) is 75.6 Å². The van der Waals surface area contributed by atoms with Gasteiger partial charge < -0.3 is 14.2 Å². The summed E-state index contributed by atoms with van der Waals surface area (Å²) >= 11 is 3.40. The number of carbonyl (C=O) groups excluding carboxylic acids is 2.